The first kappa shape index (κ1) is 12.6. The summed E-state index contributed by atoms with van der Waals surface area (Å²) in [6, 6.07) is 1.73. The van der Waals surface area contributed by atoms with Crippen LogP contribution in [-0.4, -0.2) is 34.3 Å². The predicted octanol–water partition coefficient (Wildman–Crippen LogP) is 1.20. The Bertz CT molecular complexity index is 434. The molecule has 6 heteroatoms. The molecule has 1 fully saturated rings. The largest absolute Gasteiger partial charge is 0.409 e. The molecule has 0 radical (unpaired) electrons. The van der Waals surface area contributed by atoms with Gasteiger partial charge < -0.3 is 15.8 Å². The molecule has 0 bridgehead atoms. The standard InChI is InChI=1S/C12H19N5O/c1-2-3-9-5-7-17(8-9)12-10(11(13)16-18)4-6-14-15-12/h4,6,9,18H,2-3,5,7-8H2,1H3,(H2,13,16). The van der Waals surface area contributed by atoms with Gasteiger partial charge in [-0.05, 0) is 24.8 Å². The summed E-state index contributed by atoms with van der Waals surface area (Å²) in [7, 11) is 0. The number of aromatic nitrogens is 2. The Morgan fingerprint density at radius 3 is 3.22 bits per heavy atom. The lowest BCUT2D eigenvalue weighted by Crippen LogP contribution is -2.26. The molecule has 1 atom stereocenters. The van der Waals surface area contributed by atoms with E-state index in [4.69, 9.17) is 10.9 Å². The molecule has 1 saturated heterocycles. The number of nitrogens with zero attached hydrogens (tertiary/aromatic N) is 4. The maximum atomic E-state index is 8.79. The van der Waals surface area contributed by atoms with Gasteiger partial charge in [0.15, 0.2) is 11.7 Å². The molecule has 1 aliphatic heterocycles. The summed E-state index contributed by atoms with van der Waals surface area (Å²) in [4.78, 5) is 2.17. The van der Waals surface area contributed by atoms with Crippen molar-refractivity contribution in [3.05, 3.63) is 17.8 Å². The molecule has 98 valence electrons. The number of hydrogen-bond acceptors (Lipinski definition) is 5. The van der Waals surface area contributed by atoms with Crippen LogP contribution < -0.4 is 10.6 Å². The highest BCUT2D eigenvalue weighted by atomic mass is 16.4. The van der Waals surface area contributed by atoms with Crippen LogP contribution in [0.2, 0.25) is 0 Å². The third-order valence-electron chi connectivity index (χ3n) is 3.37. The highest BCUT2D eigenvalue weighted by Gasteiger charge is 2.25. The van der Waals surface area contributed by atoms with Crippen molar-refractivity contribution < 1.29 is 5.21 Å². The van der Waals surface area contributed by atoms with Gasteiger partial charge >= 0.3 is 0 Å². The van der Waals surface area contributed by atoms with Crippen molar-refractivity contribution in [2.45, 2.75) is 26.2 Å². The minimum Gasteiger partial charge on any atom is -0.409 e. The smallest absolute Gasteiger partial charge is 0.173 e. The van der Waals surface area contributed by atoms with Crippen LogP contribution >= 0.6 is 0 Å². The second-order valence-electron chi connectivity index (χ2n) is 4.64. The fraction of sp³-hybridized carbons (Fsp3) is 0.583. The first-order valence-electron chi connectivity index (χ1n) is 6.30. The predicted molar refractivity (Wildman–Crippen MR) is 69.8 cm³/mol. The van der Waals surface area contributed by atoms with Crippen molar-refractivity contribution in [3.63, 3.8) is 0 Å². The summed E-state index contributed by atoms with van der Waals surface area (Å²) in [6.07, 6.45) is 5.15. The molecule has 0 amide bonds. The summed E-state index contributed by atoms with van der Waals surface area (Å²) < 4.78 is 0. The third-order valence-corrected chi connectivity index (χ3v) is 3.37. The number of amidine groups is 1. The molecule has 1 aromatic rings. The molecule has 2 heterocycles. The van der Waals surface area contributed by atoms with Crippen LogP contribution in [0.25, 0.3) is 0 Å². The average molecular weight is 249 g/mol. The van der Waals surface area contributed by atoms with Crippen LogP contribution in [0.1, 0.15) is 31.7 Å². The van der Waals surface area contributed by atoms with E-state index in [0.717, 1.165) is 13.1 Å². The second-order valence-corrected chi connectivity index (χ2v) is 4.64. The van der Waals surface area contributed by atoms with Crippen LogP contribution in [0.4, 0.5) is 5.82 Å². The van der Waals surface area contributed by atoms with Gasteiger partial charge in [-0.3, -0.25) is 0 Å². The van der Waals surface area contributed by atoms with E-state index in [9.17, 15) is 0 Å². The molecular weight excluding hydrogens is 230 g/mol. The summed E-state index contributed by atoms with van der Waals surface area (Å²) in [5.41, 5.74) is 6.30. The highest BCUT2D eigenvalue weighted by Crippen LogP contribution is 2.26. The maximum Gasteiger partial charge on any atom is 0.173 e. The van der Waals surface area contributed by atoms with Crippen LogP contribution in [0, 0.1) is 5.92 Å². The minimum atomic E-state index is 0.0823. The quantitative estimate of drug-likeness (QED) is 0.362. The van der Waals surface area contributed by atoms with Crippen molar-refractivity contribution in [2.75, 3.05) is 18.0 Å². The number of oxime groups is 1. The van der Waals surface area contributed by atoms with Gasteiger partial charge in [-0.15, -0.1) is 5.10 Å². The molecule has 0 aliphatic carbocycles. The lowest BCUT2D eigenvalue weighted by atomic mass is 10.0. The van der Waals surface area contributed by atoms with Crippen molar-refractivity contribution in [1.82, 2.24) is 10.2 Å². The molecule has 1 aromatic heterocycles. The van der Waals surface area contributed by atoms with Gasteiger partial charge in [0.25, 0.3) is 0 Å². The van der Waals surface area contributed by atoms with Crippen molar-refractivity contribution in [1.29, 1.82) is 0 Å². The van der Waals surface area contributed by atoms with Crippen molar-refractivity contribution in [2.24, 2.45) is 16.8 Å². The first-order chi connectivity index (χ1) is 8.76. The Kier molecular flexibility index (Phi) is 3.96. The van der Waals surface area contributed by atoms with E-state index in [0.29, 0.717) is 17.3 Å². The van der Waals surface area contributed by atoms with E-state index in [-0.39, 0.29) is 5.84 Å². The van der Waals surface area contributed by atoms with E-state index in [2.05, 4.69) is 27.2 Å². The van der Waals surface area contributed by atoms with Crippen LogP contribution in [0.5, 0.6) is 0 Å². The van der Waals surface area contributed by atoms with Crippen LogP contribution in [0.15, 0.2) is 17.4 Å². The topological polar surface area (TPSA) is 87.6 Å². The number of anilines is 1. The monoisotopic (exact) mass is 249 g/mol. The Morgan fingerprint density at radius 2 is 2.50 bits per heavy atom. The summed E-state index contributed by atoms with van der Waals surface area (Å²) in [6.45, 7) is 4.13. The Balaban J connectivity index is 2.19. The number of rotatable bonds is 4. The van der Waals surface area contributed by atoms with E-state index >= 15 is 0 Å². The lowest BCUT2D eigenvalue weighted by Gasteiger charge is -2.19. The normalized spacial score (nSPS) is 20.4. The van der Waals surface area contributed by atoms with Crippen LogP contribution in [-0.2, 0) is 0 Å². The Morgan fingerprint density at radius 1 is 1.67 bits per heavy atom. The van der Waals surface area contributed by atoms with E-state index in [1.807, 2.05) is 0 Å². The first-order valence-corrected chi connectivity index (χ1v) is 6.30. The van der Waals surface area contributed by atoms with Crippen LogP contribution in [0.3, 0.4) is 0 Å². The van der Waals surface area contributed by atoms with Gasteiger partial charge in [0, 0.05) is 13.1 Å². The SMILES string of the molecule is CCCC1CCN(c2nnccc2/C(N)=N/O)C1. The van der Waals surface area contributed by atoms with E-state index in [1.54, 1.807) is 12.3 Å². The molecule has 3 N–H and O–H groups in total. The zero-order valence-electron chi connectivity index (χ0n) is 10.6. The summed E-state index contributed by atoms with van der Waals surface area (Å²) in [5, 5.41) is 19.9. The number of nitrogens with two attached hydrogens (primary N) is 1. The van der Waals surface area contributed by atoms with E-state index in [1.165, 1.54) is 19.3 Å². The molecule has 0 aromatic carbocycles. The second kappa shape index (κ2) is 5.66. The minimum absolute atomic E-state index is 0.0823. The van der Waals surface area contributed by atoms with E-state index < -0.39 is 0 Å². The molecular formula is C12H19N5O. The van der Waals surface area contributed by atoms with Gasteiger partial charge in [-0.25, -0.2) is 0 Å². The fourth-order valence-electron chi connectivity index (χ4n) is 2.48. The molecule has 1 aliphatic rings. The Hall–Kier alpha value is -1.85. The third kappa shape index (κ3) is 2.52. The van der Waals surface area contributed by atoms with Gasteiger partial charge in [0.05, 0.1) is 11.8 Å². The molecule has 18 heavy (non-hydrogen) atoms. The molecule has 2 rings (SSSR count). The van der Waals surface area contributed by atoms with Crippen molar-refractivity contribution >= 4 is 11.7 Å². The van der Waals surface area contributed by atoms with Gasteiger partial charge in [0.1, 0.15) is 0 Å². The number of hydrogen-bond donors (Lipinski definition) is 2. The summed E-state index contributed by atoms with van der Waals surface area (Å²) in [5.74, 6) is 1.50. The van der Waals surface area contributed by atoms with Gasteiger partial charge in [-0.1, -0.05) is 18.5 Å². The van der Waals surface area contributed by atoms with Crippen molar-refractivity contribution in [3.8, 4) is 0 Å². The molecule has 1 unspecified atom stereocenters. The zero-order chi connectivity index (χ0) is 13.0. The lowest BCUT2D eigenvalue weighted by molar-refractivity contribution is 0.318. The molecule has 6 nitrogen and oxygen atoms in total. The molecule has 0 saturated carbocycles. The summed E-state index contributed by atoms with van der Waals surface area (Å²) >= 11 is 0. The zero-order valence-corrected chi connectivity index (χ0v) is 10.6. The molecule has 0 spiro atoms. The Labute approximate surface area is 106 Å². The van der Waals surface area contributed by atoms with Gasteiger partial charge in [0.2, 0.25) is 0 Å². The average Bonchev–Trinajstić information content (AvgIpc) is 2.87. The van der Waals surface area contributed by atoms with Gasteiger partial charge in [-0.2, -0.15) is 5.10 Å². The fourth-order valence-corrected chi connectivity index (χ4v) is 2.48. The maximum absolute atomic E-state index is 8.79. The highest BCUT2D eigenvalue weighted by molar-refractivity contribution is 6.01.